The number of aryl methyl sites for hydroxylation is 2. The smallest absolute Gasteiger partial charge is 0.193 e. The minimum atomic E-state index is -0.933. The van der Waals surface area contributed by atoms with Gasteiger partial charge in [0.2, 0.25) is 0 Å². The van der Waals surface area contributed by atoms with Crippen LogP contribution in [0.25, 0.3) is 11.1 Å². The molecule has 0 aromatic heterocycles. The Morgan fingerprint density at radius 3 is 2.06 bits per heavy atom. The van der Waals surface area contributed by atoms with Crippen LogP contribution >= 0.6 is 0 Å². The maximum Gasteiger partial charge on any atom is 0.193 e. The third-order valence-electron chi connectivity index (χ3n) is 5.60. The van der Waals surface area contributed by atoms with E-state index in [0.29, 0.717) is 22.3 Å². The summed E-state index contributed by atoms with van der Waals surface area (Å²) >= 11 is 0. The van der Waals surface area contributed by atoms with Gasteiger partial charge in [0.1, 0.15) is 17.7 Å². The van der Waals surface area contributed by atoms with E-state index in [1.54, 1.807) is 12.1 Å². The molecular weight excluding hydrogens is 406 g/mol. The van der Waals surface area contributed by atoms with Crippen LogP contribution in [-0.4, -0.2) is 10.9 Å². The van der Waals surface area contributed by atoms with Crippen molar-refractivity contribution in [1.29, 1.82) is 0 Å². The maximum atomic E-state index is 13.3. The molecule has 1 unspecified atom stereocenters. The number of hydrogen-bond donors (Lipinski definition) is 1. The molecule has 32 heavy (non-hydrogen) atoms. The van der Waals surface area contributed by atoms with Gasteiger partial charge in [-0.1, -0.05) is 42.0 Å². The minimum Gasteiger partial charge on any atom is -0.384 e. The van der Waals surface area contributed by atoms with Crippen LogP contribution in [0.3, 0.4) is 0 Å². The molecule has 0 fully saturated rings. The molecule has 0 heterocycles. The molecular formula is C28H22F2O2. The van der Waals surface area contributed by atoms with Crippen LogP contribution in [0.5, 0.6) is 0 Å². The van der Waals surface area contributed by atoms with E-state index in [0.717, 1.165) is 22.3 Å². The van der Waals surface area contributed by atoms with Crippen molar-refractivity contribution in [2.45, 2.75) is 20.0 Å². The topological polar surface area (TPSA) is 37.3 Å². The van der Waals surface area contributed by atoms with Crippen molar-refractivity contribution in [3.05, 3.63) is 130 Å². The van der Waals surface area contributed by atoms with Gasteiger partial charge < -0.3 is 5.11 Å². The van der Waals surface area contributed by atoms with Crippen LogP contribution in [0.1, 0.15) is 44.3 Å². The van der Waals surface area contributed by atoms with E-state index < -0.39 is 11.9 Å². The van der Waals surface area contributed by atoms with Gasteiger partial charge in [0, 0.05) is 11.1 Å². The van der Waals surface area contributed by atoms with Crippen LogP contribution in [0.15, 0.2) is 84.9 Å². The zero-order valence-electron chi connectivity index (χ0n) is 17.8. The first-order chi connectivity index (χ1) is 15.3. The number of hydrogen-bond acceptors (Lipinski definition) is 2. The highest BCUT2D eigenvalue weighted by molar-refractivity contribution is 6.13. The normalized spacial score (nSPS) is 11.9. The molecule has 0 saturated carbocycles. The molecule has 4 aromatic carbocycles. The Kier molecular flexibility index (Phi) is 5.97. The van der Waals surface area contributed by atoms with Crippen LogP contribution in [0.2, 0.25) is 0 Å². The molecule has 2 nitrogen and oxygen atoms in total. The summed E-state index contributed by atoms with van der Waals surface area (Å²) in [6.45, 7) is 3.80. The van der Waals surface area contributed by atoms with Crippen molar-refractivity contribution >= 4 is 5.78 Å². The van der Waals surface area contributed by atoms with E-state index in [4.69, 9.17) is 0 Å². The number of carbonyl (C=O) groups is 1. The molecule has 0 amide bonds. The van der Waals surface area contributed by atoms with Crippen molar-refractivity contribution in [3.63, 3.8) is 0 Å². The van der Waals surface area contributed by atoms with Crippen LogP contribution < -0.4 is 0 Å². The first-order valence-electron chi connectivity index (χ1n) is 10.3. The summed E-state index contributed by atoms with van der Waals surface area (Å²) in [5.74, 6) is -0.969. The molecule has 4 aromatic rings. The third kappa shape index (κ3) is 4.36. The lowest BCUT2D eigenvalue weighted by molar-refractivity contribution is 0.103. The third-order valence-corrected chi connectivity index (χ3v) is 5.60. The van der Waals surface area contributed by atoms with Gasteiger partial charge in [-0.15, -0.1) is 0 Å². The summed E-state index contributed by atoms with van der Waals surface area (Å²) in [5, 5.41) is 10.9. The second-order valence-electron chi connectivity index (χ2n) is 7.91. The Bertz CT molecular complexity index is 1280. The van der Waals surface area contributed by atoms with Crippen LogP contribution in [0.4, 0.5) is 8.78 Å². The molecule has 0 spiro atoms. The van der Waals surface area contributed by atoms with Gasteiger partial charge in [0.25, 0.3) is 0 Å². The monoisotopic (exact) mass is 428 g/mol. The van der Waals surface area contributed by atoms with Gasteiger partial charge in [0.15, 0.2) is 5.78 Å². The molecule has 0 saturated heterocycles. The molecule has 4 rings (SSSR count). The fraction of sp³-hybridized carbons (Fsp3) is 0.107. The number of halogens is 2. The first-order valence-corrected chi connectivity index (χ1v) is 10.3. The van der Waals surface area contributed by atoms with Crippen LogP contribution in [-0.2, 0) is 0 Å². The zero-order valence-corrected chi connectivity index (χ0v) is 17.8. The van der Waals surface area contributed by atoms with Crippen molar-refractivity contribution < 1.29 is 18.7 Å². The lowest BCUT2D eigenvalue weighted by atomic mass is 9.89. The van der Waals surface area contributed by atoms with Gasteiger partial charge in [-0.05, 0) is 90.2 Å². The lowest BCUT2D eigenvalue weighted by Gasteiger charge is -2.17. The lowest BCUT2D eigenvalue weighted by Crippen LogP contribution is -2.06. The largest absolute Gasteiger partial charge is 0.384 e. The average molecular weight is 428 g/mol. The predicted molar refractivity (Wildman–Crippen MR) is 122 cm³/mol. The van der Waals surface area contributed by atoms with Gasteiger partial charge in [0.05, 0.1) is 0 Å². The maximum absolute atomic E-state index is 13.3. The van der Waals surface area contributed by atoms with Crippen molar-refractivity contribution in [1.82, 2.24) is 0 Å². The molecule has 0 aliphatic heterocycles. The first kappa shape index (κ1) is 21.6. The van der Waals surface area contributed by atoms with E-state index in [1.807, 2.05) is 50.2 Å². The summed E-state index contributed by atoms with van der Waals surface area (Å²) < 4.78 is 26.6. The molecule has 160 valence electrons. The number of aliphatic hydroxyl groups excluding tert-OH is 1. The SMILES string of the molecule is Cc1ccc(-c2ccc(C)c(C(O)c3ccc(F)cc3)c2)c(C(=O)c2ccc(F)cc2)c1. The molecule has 0 radical (unpaired) electrons. The average Bonchev–Trinajstić information content (AvgIpc) is 2.79. The summed E-state index contributed by atoms with van der Waals surface area (Å²) in [6.07, 6.45) is -0.933. The quantitative estimate of drug-likeness (QED) is 0.366. The highest BCUT2D eigenvalue weighted by atomic mass is 19.1. The molecule has 0 bridgehead atoms. The van der Waals surface area contributed by atoms with Gasteiger partial charge in [-0.2, -0.15) is 0 Å². The van der Waals surface area contributed by atoms with E-state index in [1.165, 1.54) is 36.4 Å². The van der Waals surface area contributed by atoms with Crippen molar-refractivity contribution in [2.75, 3.05) is 0 Å². The van der Waals surface area contributed by atoms with E-state index in [-0.39, 0.29) is 11.6 Å². The highest BCUT2D eigenvalue weighted by Crippen LogP contribution is 2.32. The highest BCUT2D eigenvalue weighted by Gasteiger charge is 2.18. The fourth-order valence-corrected chi connectivity index (χ4v) is 3.78. The zero-order chi connectivity index (χ0) is 22.8. The molecule has 1 N–H and O–H groups in total. The van der Waals surface area contributed by atoms with Gasteiger partial charge in [-0.25, -0.2) is 8.78 Å². The van der Waals surface area contributed by atoms with Gasteiger partial charge in [-0.3, -0.25) is 4.79 Å². The Labute approximate surface area is 185 Å². The Hall–Kier alpha value is -3.63. The second-order valence-corrected chi connectivity index (χ2v) is 7.91. The summed E-state index contributed by atoms with van der Waals surface area (Å²) in [5.41, 5.74) is 5.46. The van der Waals surface area contributed by atoms with E-state index in [9.17, 15) is 18.7 Å². The summed E-state index contributed by atoms with van der Waals surface area (Å²) in [7, 11) is 0. The standard InChI is InChI=1S/C28H22F2O2/c1-17-3-14-24(26(15-17)28(32)20-8-12-23(30)13-9-20)21-5-4-18(2)25(16-21)27(31)19-6-10-22(29)11-7-19/h3-16,27,31H,1-2H3. The molecule has 0 aliphatic carbocycles. The van der Waals surface area contributed by atoms with Crippen molar-refractivity contribution in [3.8, 4) is 11.1 Å². The number of carbonyl (C=O) groups excluding carboxylic acids is 1. The molecule has 4 heteroatoms. The molecule has 0 aliphatic rings. The van der Waals surface area contributed by atoms with E-state index >= 15 is 0 Å². The number of rotatable bonds is 5. The predicted octanol–water partition coefficient (Wildman–Crippen LogP) is 6.56. The Morgan fingerprint density at radius 2 is 1.41 bits per heavy atom. The van der Waals surface area contributed by atoms with Crippen LogP contribution in [0, 0.1) is 25.5 Å². The Morgan fingerprint density at radius 1 is 0.781 bits per heavy atom. The second kappa shape index (κ2) is 8.85. The minimum absolute atomic E-state index is 0.204. The number of aliphatic hydroxyl groups is 1. The molecule has 1 atom stereocenters. The Balaban J connectivity index is 1.79. The van der Waals surface area contributed by atoms with E-state index in [2.05, 4.69) is 0 Å². The van der Waals surface area contributed by atoms with Crippen molar-refractivity contribution in [2.24, 2.45) is 0 Å². The fourth-order valence-electron chi connectivity index (χ4n) is 3.78. The number of benzene rings is 4. The summed E-state index contributed by atoms with van der Waals surface area (Å²) in [6, 6.07) is 22.5. The summed E-state index contributed by atoms with van der Waals surface area (Å²) in [4.78, 5) is 13.2. The number of ketones is 1. The van der Waals surface area contributed by atoms with Gasteiger partial charge >= 0.3 is 0 Å².